The molecule has 23 heavy (non-hydrogen) atoms. The Morgan fingerprint density at radius 1 is 1.43 bits per heavy atom. The van der Waals surface area contributed by atoms with E-state index in [1.807, 2.05) is 6.07 Å². The molecule has 0 aliphatic rings. The monoisotopic (exact) mass is 314 g/mol. The average Bonchev–Trinajstić information content (AvgIpc) is 2.51. The van der Waals surface area contributed by atoms with Gasteiger partial charge in [0.1, 0.15) is 17.4 Å². The van der Waals surface area contributed by atoms with Crippen LogP contribution in [-0.4, -0.2) is 42.6 Å². The second kappa shape index (κ2) is 8.39. The van der Waals surface area contributed by atoms with E-state index in [0.29, 0.717) is 17.7 Å². The molecule has 1 rings (SSSR count). The topological polar surface area (TPSA) is 90.6 Å². The fourth-order valence-corrected chi connectivity index (χ4v) is 1.83. The molecule has 0 spiro atoms. The van der Waals surface area contributed by atoms with Crippen molar-refractivity contribution in [3.05, 3.63) is 47.6 Å². The number of carbonyl (C=O) groups excluding carboxylic acids is 1. The van der Waals surface area contributed by atoms with Crippen LogP contribution in [0.1, 0.15) is 11.1 Å². The van der Waals surface area contributed by atoms with Crippen LogP contribution in [0, 0.1) is 11.3 Å². The number of allylic oxidation sites excluding steroid dienone is 1. The molecule has 0 atom stereocenters. The van der Waals surface area contributed by atoms with Crippen LogP contribution in [0.15, 0.2) is 36.4 Å². The molecule has 0 aliphatic carbocycles. The summed E-state index contributed by atoms with van der Waals surface area (Å²) >= 11 is 0. The summed E-state index contributed by atoms with van der Waals surface area (Å²) in [5.74, 6) is -1.02. The molecule has 120 valence electrons. The zero-order valence-corrected chi connectivity index (χ0v) is 13.1. The van der Waals surface area contributed by atoms with E-state index in [-0.39, 0.29) is 11.5 Å². The Kier molecular flexibility index (Phi) is 6.56. The molecule has 0 saturated heterocycles. The van der Waals surface area contributed by atoms with Gasteiger partial charge in [-0.2, -0.15) is 5.26 Å². The Hall–Kier alpha value is -3.07. The van der Waals surface area contributed by atoms with Crippen LogP contribution >= 0.6 is 0 Å². The van der Waals surface area contributed by atoms with Crippen molar-refractivity contribution in [1.82, 2.24) is 4.90 Å². The summed E-state index contributed by atoms with van der Waals surface area (Å²) in [4.78, 5) is 23.8. The van der Waals surface area contributed by atoms with Crippen LogP contribution in [0.5, 0.6) is 5.75 Å². The van der Waals surface area contributed by atoms with Crippen molar-refractivity contribution >= 4 is 18.0 Å². The lowest BCUT2D eigenvalue weighted by Crippen LogP contribution is -2.22. The summed E-state index contributed by atoms with van der Waals surface area (Å²) in [5.41, 5.74) is 1.39. The number of carboxylic acids is 1. The van der Waals surface area contributed by atoms with Crippen molar-refractivity contribution in [2.24, 2.45) is 0 Å². The van der Waals surface area contributed by atoms with Crippen LogP contribution in [0.4, 0.5) is 0 Å². The number of likely N-dealkylation sites (N-methyl/N-ethyl adjacent to an activating group) is 1. The van der Waals surface area contributed by atoms with Gasteiger partial charge in [-0.15, -0.1) is 6.58 Å². The summed E-state index contributed by atoms with van der Waals surface area (Å²) in [5, 5.41) is 17.8. The van der Waals surface area contributed by atoms with Crippen molar-refractivity contribution in [3.63, 3.8) is 0 Å². The van der Waals surface area contributed by atoms with Crippen molar-refractivity contribution in [2.75, 3.05) is 20.7 Å². The highest BCUT2D eigenvalue weighted by Crippen LogP contribution is 2.23. The van der Waals surface area contributed by atoms with Crippen LogP contribution in [-0.2, 0) is 16.0 Å². The molecular weight excluding hydrogens is 296 g/mol. The van der Waals surface area contributed by atoms with Crippen LogP contribution < -0.4 is 4.74 Å². The van der Waals surface area contributed by atoms with E-state index >= 15 is 0 Å². The third-order valence-electron chi connectivity index (χ3n) is 2.87. The SMILES string of the molecule is C=CCc1cc(/C=C(/C#N)C(=O)N(C)C)ccc1OCC(=O)O. The molecule has 1 N–H and O–H groups in total. The van der Waals surface area contributed by atoms with Gasteiger partial charge in [-0.3, -0.25) is 4.79 Å². The largest absolute Gasteiger partial charge is 0.482 e. The van der Waals surface area contributed by atoms with Gasteiger partial charge in [-0.25, -0.2) is 4.79 Å². The standard InChI is InChI=1S/C17H18N2O4/c1-4-5-13-8-12(6-7-15(13)23-11-16(20)21)9-14(10-18)17(22)19(2)3/h4,6-9H,1,5,11H2,2-3H3,(H,20,21)/b14-9-. The fourth-order valence-electron chi connectivity index (χ4n) is 1.83. The molecule has 0 aromatic heterocycles. The summed E-state index contributed by atoms with van der Waals surface area (Å²) in [6.45, 7) is 3.21. The molecule has 6 nitrogen and oxygen atoms in total. The van der Waals surface area contributed by atoms with Crippen LogP contribution in [0.2, 0.25) is 0 Å². The lowest BCUT2D eigenvalue weighted by Gasteiger charge is -2.11. The smallest absolute Gasteiger partial charge is 0.341 e. The van der Waals surface area contributed by atoms with E-state index in [1.54, 1.807) is 38.4 Å². The molecule has 0 bridgehead atoms. The van der Waals surface area contributed by atoms with Gasteiger partial charge in [0.05, 0.1) is 0 Å². The van der Waals surface area contributed by atoms with E-state index in [2.05, 4.69) is 6.58 Å². The van der Waals surface area contributed by atoms with Crippen molar-refractivity contribution in [2.45, 2.75) is 6.42 Å². The molecular formula is C17H18N2O4. The number of ether oxygens (including phenoxy) is 1. The van der Waals surface area contributed by atoms with E-state index < -0.39 is 12.6 Å². The first kappa shape index (κ1) is 18.0. The second-order valence-corrected chi connectivity index (χ2v) is 4.91. The Morgan fingerprint density at radius 2 is 2.13 bits per heavy atom. The quantitative estimate of drug-likeness (QED) is 0.471. The second-order valence-electron chi connectivity index (χ2n) is 4.91. The number of nitriles is 1. The minimum atomic E-state index is -1.07. The molecule has 6 heteroatoms. The Balaban J connectivity index is 3.16. The Morgan fingerprint density at radius 3 is 2.65 bits per heavy atom. The first-order valence-electron chi connectivity index (χ1n) is 6.81. The minimum Gasteiger partial charge on any atom is -0.482 e. The molecule has 1 aromatic carbocycles. The maximum absolute atomic E-state index is 11.9. The molecule has 0 fully saturated rings. The van der Waals surface area contributed by atoms with Gasteiger partial charge in [0.15, 0.2) is 6.61 Å². The molecule has 0 heterocycles. The zero-order chi connectivity index (χ0) is 17.4. The maximum atomic E-state index is 11.9. The van der Waals surface area contributed by atoms with E-state index in [9.17, 15) is 9.59 Å². The normalized spacial score (nSPS) is 10.6. The third-order valence-corrected chi connectivity index (χ3v) is 2.87. The van der Waals surface area contributed by atoms with Crippen molar-refractivity contribution in [1.29, 1.82) is 5.26 Å². The first-order valence-corrected chi connectivity index (χ1v) is 6.81. The summed E-state index contributed by atoms with van der Waals surface area (Å²) in [6.07, 6.45) is 3.61. The molecule has 1 aromatic rings. The van der Waals surface area contributed by atoms with Gasteiger partial charge in [0.2, 0.25) is 0 Å². The Bertz CT molecular complexity index is 684. The van der Waals surface area contributed by atoms with Crippen LogP contribution in [0.3, 0.4) is 0 Å². The predicted octanol–water partition coefficient (Wildman–Crippen LogP) is 1.87. The van der Waals surface area contributed by atoms with Gasteiger partial charge in [0.25, 0.3) is 5.91 Å². The average molecular weight is 314 g/mol. The predicted molar refractivity (Wildman–Crippen MR) is 85.8 cm³/mol. The highest BCUT2D eigenvalue weighted by atomic mass is 16.5. The van der Waals surface area contributed by atoms with Gasteiger partial charge >= 0.3 is 5.97 Å². The lowest BCUT2D eigenvalue weighted by molar-refractivity contribution is -0.139. The number of nitrogens with zero attached hydrogens (tertiary/aromatic N) is 2. The number of amides is 1. The number of hydrogen-bond acceptors (Lipinski definition) is 4. The third kappa shape index (κ3) is 5.32. The van der Waals surface area contributed by atoms with E-state index in [0.717, 1.165) is 5.56 Å². The molecule has 1 amide bonds. The number of benzene rings is 1. The molecule has 0 unspecified atom stereocenters. The minimum absolute atomic E-state index is 0.0127. The van der Waals surface area contributed by atoms with E-state index in [4.69, 9.17) is 15.1 Å². The van der Waals surface area contributed by atoms with Crippen LogP contribution in [0.25, 0.3) is 6.08 Å². The van der Waals surface area contributed by atoms with E-state index in [1.165, 1.54) is 11.0 Å². The van der Waals surface area contributed by atoms with Crippen molar-refractivity contribution in [3.8, 4) is 11.8 Å². The van der Waals surface area contributed by atoms with Gasteiger partial charge in [0, 0.05) is 14.1 Å². The first-order chi connectivity index (χ1) is 10.9. The number of aliphatic carboxylic acids is 1. The van der Waals surface area contributed by atoms with Gasteiger partial charge in [-0.05, 0) is 35.8 Å². The number of carboxylic acid groups (broad SMARTS) is 1. The zero-order valence-electron chi connectivity index (χ0n) is 13.1. The van der Waals surface area contributed by atoms with Gasteiger partial charge in [-0.1, -0.05) is 12.1 Å². The Labute approximate surface area is 134 Å². The molecule has 0 aliphatic heterocycles. The summed E-state index contributed by atoms with van der Waals surface area (Å²) in [6, 6.07) is 6.88. The molecule has 0 saturated carbocycles. The summed E-state index contributed by atoms with van der Waals surface area (Å²) < 4.78 is 5.21. The highest BCUT2D eigenvalue weighted by molar-refractivity contribution is 6.01. The summed E-state index contributed by atoms with van der Waals surface area (Å²) in [7, 11) is 3.14. The highest BCUT2D eigenvalue weighted by Gasteiger charge is 2.12. The number of rotatable bonds is 7. The maximum Gasteiger partial charge on any atom is 0.341 e. The number of hydrogen-bond donors (Lipinski definition) is 1. The van der Waals surface area contributed by atoms with Gasteiger partial charge < -0.3 is 14.7 Å². The lowest BCUT2D eigenvalue weighted by atomic mass is 10.0. The fraction of sp³-hybridized carbons (Fsp3) is 0.235. The number of carbonyl (C=O) groups is 2. The molecule has 0 radical (unpaired) electrons. The van der Waals surface area contributed by atoms with Crippen molar-refractivity contribution < 1.29 is 19.4 Å².